The van der Waals surface area contributed by atoms with Gasteiger partial charge in [0.05, 0.1) is 11.4 Å². The maximum atomic E-state index is 4.71. The van der Waals surface area contributed by atoms with Gasteiger partial charge in [-0.15, -0.1) is 0 Å². The molecule has 0 N–H and O–H groups in total. The highest BCUT2D eigenvalue weighted by Crippen LogP contribution is 2.34. The number of rotatable bonds is 1. The zero-order valence-electron chi connectivity index (χ0n) is 14.2. The number of allylic oxidation sites excluding steroid dienone is 1. The molecule has 0 amide bonds. The Morgan fingerprint density at radius 1 is 1.17 bits per heavy atom. The summed E-state index contributed by atoms with van der Waals surface area (Å²) in [5.41, 5.74) is 3.90. The fraction of sp³-hybridized carbons (Fsp3) is 0.421. The Morgan fingerprint density at radius 3 is 2.75 bits per heavy atom. The Bertz CT molecular complexity index is 771. The van der Waals surface area contributed by atoms with Crippen molar-refractivity contribution in [3.05, 3.63) is 52.5 Å². The Kier molecular flexibility index (Phi) is 4.22. The first-order chi connectivity index (χ1) is 11.6. The maximum Gasteiger partial charge on any atom is 0.160 e. The van der Waals surface area contributed by atoms with Crippen molar-refractivity contribution in [3.8, 4) is 5.69 Å². The van der Waals surface area contributed by atoms with E-state index in [1.165, 1.54) is 16.9 Å². The topological polar surface area (TPSA) is 24.3 Å². The number of fused-ring (bicyclic) bond motifs is 3. The van der Waals surface area contributed by atoms with Gasteiger partial charge in [0.25, 0.3) is 0 Å². The van der Waals surface area contributed by atoms with E-state index in [2.05, 4.69) is 74.7 Å². The molecule has 2 aliphatic heterocycles. The Morgan fingerprint density at radius 2 is 1.96 bits per heavy atom. The van der Waals surface area contributed by atoms with Crippen molar-refractivity contribution in [1.29, 1.82) is 0 Å². The molecular weight excluding hydrogens is 364 g/mol. The number of nitrogens with zero attached hydrogens (tertiary/aromatic N) is 4. The molecule has 0 aliphatic carbocycles. The number of hydrogen-bond acceptors (Lipinski definition) is 3. The van der Waals surface area contributed by atoms with Crippen LogP contribution in [0.2, 0.25) is 0 Å². The molecule has 0 saturated carbocycles. The van der Waals surface area contributed by atoms with Crippen LogP contribution in [0.4, 0.5) is 0 Å². The van der Waals surface area contributed by atoms with Crippen LogP contribution >= 0.6 is 15.9 Å². The molecule has 4 rings (SSSR count). The molecule has 0 bridgehead atoms. The molecule has 3 heterocycles. The monoisotopic (exact) mass is 386 g/mol. The van der Waals surface area contributed by atoms with Crippen molar-refractivity contribution in [3.63, 3.8) is 0 Å². The third-order valence-electron chi connectivity index (χ3n) is 5.16. The summed E-state index contributed by atoms with van der Waals surface area (Å²) in [6.07, 6.45) is 7.44. The van der Waals surface area contributed by atoms with Crippen LogP contribution < -0.4 is 0 Å². The molecule has 2 aliphatic rings. The van der Waals surface area contributed by atoms with Gasteiger partial charge in [-0.1, -0.05) is 35.0 Å². The standard InChI is InChI=1S/C19H23BrN4/c1-14-3-6-17(23-11-9-22(2)10-12-23)19-21-7-8-24(19)18-13-15(20)4-5-16(14)18/h4-8,13-14H,3,9-12H2,1-2H3. The zero-order valence-corrected chi connectivity index (χ0v) is 15.8. The quantitative estimate of drug-likeness (QED) is 0.745. The van der Waals surface area contributed by atoms with Gasteiger partial charge in [0.15, 0.2) is 5.82 Å². The predicted molar refractivity (Wildman–Crippen MR) is 101 cm³/mol. The minimum absolute atomic E-state index is 0.492. The largest absolute Gasteiger partial charge is 0.366 e. The van der Waals surface area contributed by atoms with Crippen LogP contribution in [0.3, 0.4) is 0 Å². The molecule has 5 heteroatoms. The van der Waals surface area contributed by atoms with Crippen LogP contribution in [0.5, 0.6) is 0 Å². The van der Waals surface area contributed by atoms with E-state index >= 15 is 0 Å². The van der Waals surface area contributed by atoms with Crippen LogP contribution in [0.25, 0.3) is 11.4 Å². The summed E-state index contributed by atoms with van der Waals surface area (Å²) in [6.45, 7) is 6.65. The highest BCUT2D eigenvalue weighted by molar-refractivity contribution is 9.10. The van der Waals surface area contributed by atoms with E-state index in [-0.39, 0.29) is 0 Å². The summed E-state index contributed by atoms with van der Waals surface area (Å²) >= 11 is 3.63. The average Bonchev–Trinajstić information content (AvgIpc) is 3.04. The van der Waals surface area contributed by atoms with Gasteiger partial charge in [-0.25, -0.2) is 4.98 Å². The highest BCUT2D eigenvalue weighted by atomic mass is 79.9. The third-order valence-corrected chi connectivity index (χ3v) is 5.65. The minimum Gasteiger partial charge on any atom is -0.366 e. The molecule has 1 unspecified atom stereocenters. The number of hydrogen-bond donors (Lipinski definition) is 0. The Hall–Kier alpha value is -1.59. The van der Waals surface area contributed by atoms with Crippen LogP contribution in [-0.4, -0.2) is 52.6 Å². The van der Waals surface area contributed by atoms with Crippen LogP contribution in [0.1, 0.15) is 30.7 Å². The van der Waals surface area contributed by atoms with E-state index in [9.17, 15) is 0 Å². The lowest BCUT2D eigenvalue weighted by atomic mass is 9.94. The Balaban J connectivity index is 1.80. The average molecular weight is 387 g/mol. The molecule has 1 aromatic carbocycles. The molecule has 4 nitrogen and oxygen atoms in total. The Labute approximate surface area is 151 Å². The van der Waals surface area contributed by atoms with E-state index in [1.54, 1.807) is 0 Å². The van der Waals surface area contributed by atoms with Gasteiger partial charge in [-0.2, -0.15) is 0 Å². The normalized spacial score (nSPS) is 21.5. The number of aromatic nitrogens is 2. The number of piperazine rings is 1. The first kappa shape index (κ1) is 15.9. The lowest BCUT2D eigenvalue weighted by Gasteiger charge is -2.36. The van der Waals surface area contributed by atoms with Gasteiger partial charge < -0.3 is 9.80 Å². The van der Waals surface area contributed by atoms with Crippen LogP contribution in [0.15, 0.2) is 41.1 Å². The molecular formula is C19H23BrN4. The maximum absolute atomic E-state index is 4.71. The third kappa shape index (κ3) is 2.80. The second-order valence-corrected chi connectivity index (χ2v) is 7.76. The van der Waals surface area contributed by atoms with Gasteiger partial charge in [0.1, 0.15) is 0 Å². The van der Waals surface area contributed by atoms with Gasteiger partial charge in [0, 0.05) is 43.0 Å². The molecule has 1 aromatic heterocycles. The summed E-state index contributed by atoms with van der Waals surface area (Å²) in [6, 6.07) is 6.59. The number of likely N-dealkylation sites (N-methyl/N-ethyl adjacent to an activating group) is 1. The molecule has 2 aromatic rings. The molecule has 24 heavy (non-hydrogen) atoms. The van der Waals surface area contributed by atoms with Crippen molar-refractivity contribution < 1.29 is 0 Å². The van der Waals surface area contributed by atoms with E-state index in [4.69, 9.17) is 4.98 Å². The number of benzene rings is 1. The van der Waals surface area contributed by atoms with Crippen molar-refractivity contribution in [1.82, 2.24) is 19.4 Å². The molecule has 0 radical (unpaired) electrons. The second kappa shape index (κ2) is 6.37. The van der Waals surface area contributed by atoms with Crippen molar-refractivity contribution in [2.75, 3.05) is 33.2 Å². The van der Waals surface area contributed by atoms with Crippen LogP contribution in [-0.2, 0) is 0 Å². The predicted octanol–water partition coefficient (Wildman–Crippen LogP) is 3.73. The fourth-order valence-corrected chi connectivity index (χ4v) is 4.00. The van der Waals surface area contributed by atoms with Gasteiger partial charge in [-0.3, -0.25) is 4.57 Å². The zero-order chi connectivity index (χ0) is 16.7. The van der Waals surface area contributed by atoms with Gasteiger partial charge >= 0.3 is 0 Å². The van der Waals surface area contributed by atoms with E-state index in [1.807, 2.05) is 6.20 Å². The van der Waals surface area contributed by atoms with Crippen LogP contribution in [0, 0.1) is 0 Å². The lowest BCUT2D eigenvalue weighted by Crippen LogP contribution is -2.43. The summed E-state index contributed by atoms with van der Waals surface area (Å²) in [4.78, 5) is 9.60. The van der Waals surface area contributed by atoms with Gasteiger partial charge in [0.2, 0.25) is 0 Å². The van der Waals surface area contributed by atoms with Crippen molar-refractivity contribution >= 4 is 21.6 Å². The second-order valence-electron chi connectivity index (χ2n) is 6.84. The smallest absolute Gasteiger partial charge is 0.160 e. The molecule has 1 atom stereocenters. The van der Waals surface area contributed by atoms with Crippen molar-refractivity contribution in [2.45, 2.75) is 19.3 Å². The first-order valence-electron chi connectivity index (χ1n) is 8.60. The van der Waals surface area contributed by atoms with Gasteiger partial charge in [-0.05, 0) is 37.1 Å². The lowest BCUT2D eigenvalue weighted by molar-refractivity contribution is 0.206. The fourth-order valence-electron chi connectivity index (χ4n) is 3.65. The molecule has 1 fully saturated rings. The molecule has 1 saturated heterocycles. The summed E-state index contributed by atoms with van der Waals surface area (Å²) in [5.74, 6) is 1.55. The van der Waals surface area contributed by atoms with E-state index in [0.29, 0.717) is 5.92 Å². The summed E-state index contributed by atoms with van der Waals surface area (Å²) < 4.78 is 3.36. The first-order valence-corrected chi connectivity index (χ1v) is 9.40. The van der Waals surface area contributed by atoms with E-state index < -0.39 is 0 Å². The summed E-state index contributed by atoms with van der Waals surface area (Å²) in [5, 5.41) is 0. The SMILES string of the molecule is CC1CC=C(N2CCN(C)CC2)c2nccn2-c2cc(Br)ccc21. The van der Waals surface area contributed by atoms with E-state index in [0.717, 1.165) is 42.9 Å². The highest BCUT2D eigenvalue weighted by Gasteiger charge is 2.24. The molecule has 126 valence electrons. The number of imidazole rings is 1. The minimum atomic E-state index is 0.492. The number of halogens is 1. The summed E-state index contributed by atoms with van der Waals surface area (Å²) in [7, 11) is 2.20. The molecule has 0 spiro atoms. The van der Waals surface area contributed by atoms with Crippen molar-refractivity contribution in [2.24, 2.45) is 0 Å².